The molecule has 0 saturated carbocycles. The Morgan fingerprint density at radius 3 is 2.46 bits per heavy atom. The van der Waals surface area contributed by atoms with Crippen LogP contribution in [0, 0.1) is 13.8 Å². The zero-order chi connectivity index (χ0) is 19.2. The Kier molecular flexibility index (Phi) is 8.18. The summed E-state index contributed by atoms with van der Waals surface area (Å²) < 4.78 is 5.17. The molecule has 0 unspecified atom stereocenters. The maximum absolute atomic E-state index is 5.17. The second kappa shape index (κ2) is 10.4. The molecule has 3 aromatic rings. The fourth-order valence-electron chi connectivity index (χ4n) is 2.53. The quantitative estimate of drug-likeness (QED) is 0.266. The van der Waals surface area contributed by atoms with E-state index in [4.69, 9.17) is 4.74 Å². The van der Waals surface area contributed by atoms with Crippen LogP contribution in [0.2, 0.25) is 0 Å². The van der Waals surface area contributed by atoms with Gasteiger partial charge in [-0.15, -0.1) is 35.3 Å². The Labute approximate surface area is 185 Å². The molecule has 0 aliphatic carbocycles. The van der Waals surface area contributed by atoms with Crippen molar-refractivity contribution in [3.8, 4) is 17.1 Å². The number of hydrogen-bond donors (Lipinski definition) is 3. The molecule has 0 spiro atoms. The highest BCUT2D eigenvalue weighted by molar-refractivity contribution is 14.0. The smallest absolute Gasteiger partial charge is 0.191 e. The van der Waals surface area contributed by atoms with E-state index in [-0.39, 0.29) is 24.0 Å². The van der Waals surface area contributed by atoms with E-state index in [1.54, 1.807) is 25.5 Å². The van der Waals surface area contributed by atoms with Gasteiger partial charge in [-0.1, -0.05) is 0 Å². The number of aliphatic imine (C=N–C) groups is 1. The zero-order valence-corrected chi connectivity index (χ0v) is 19.4. The Morgan fingerprint density at radius 2 is 1.86 bits per heavy atom. The monoisotopic (exact) mass is 513 g/mol. The first-order valence-corrected chi connectivity index (χ1v) is 9.34. The van der Waals surface area contributed by atoms with Gasteiger partial charge in [0.2, 0.25) is 0 Å². The summed E-state index contributed by atoms with van der Waals surface area (Å²) in [7, 11) is 3.38. The number of benzene rings is 1. The van der Waals surface area contributed by atoms with Crippen molar-refractivity contribution in [1.82, 2.24) is 30.8 Å². The molecule has 3 rings (SSSR count). The van der Waals surface area contributed by atoms with E-state index >= 15 is 0 Å². The summed E-state index contributed by atoms with van der Waals surface area (Å²) >= 11 is 1.69. The third-order valence-electron chi connectivity index (χ3n) is 3.94. The number of thiazole rings is 1. The van der Waals surface area contributed by atoms with Crippen LogP contribution in [0.1, 0.15) is 21.4 Å². The maximum atomic E-state index is 5.17. The molecule has 3 N–H and O–H groups in total. The van der Waals surface area contributed by atoms with Gasteiger partial charge in [-0.25, -0.2) is 9.97 Å². The van der Waals surface area contributed by atoms with Crippen LogP contribution < -0.4 is 15.4 Å². The van der Waals surface area contributed by atoms with Gasteiger partial charge in [0, 0.05) is 17.5 Å². The summed E-state index contributed by atoms with van der Waals surface area (Å²) in [5.41, 5.74) is 1.98. The van der Waals surface area contributed by atoms with Gasteiger partial charge in [-0.05, 0) is 38.1 Å². The molecule has 0 atom stereocenters. The molecule has 0 amide bonds. The number of aromatic nitrogens is 4. The summed E-state index contributed by atoms with van der Waals surface area (Å²) in [6.07, 6.45) is 0. The third-order valence-corrected chi connectivity index (χ3v) is 5.02. The van der Waals surface area contributed by atoms with Gasteiger partial charge in [0.15, 0.2) is 11.8 Å². The molecular formula is C18H24IN7OS. The SMILES string of the molecule is CN=C(NCc1nc(-c2ccc(OC)cc2)n[nH]1)NCc1sc(C)nc1C.I. The molecule has 0 aliphatic rings. The van der Waals surface area contributed by atoms with Gasteiger partial charge in [-0.3, -0.25) is 10.1 Å². The standard InChI is InChI=1S/C18H23N7OS.HI/c1-11-15(27-12(2)22-11)9-20-18(19-3)21-10-16-23-17(25-24-16)13-5-7-14(26-4)8-6-13;/h5-8H,9-10H2,1-4H3,(H2,19,20,21)(H,23,24,25);1H. The third kappa shape index (κ3) is 5.64. The number of guanidine groups is 1. The van der Waals surface area contributed by atoms with E-state index < -0.39 is 0 Å². The highest BCUT2D eigenvalue weighted by Gasteiger charge is 2.08. The number of nitrogens with one attached hydrogen (secondary N) is 3. The Morgan fingerprint density at radius 1 is 1.14 bits per heavy atom. The van der Waals surface area contributed by atoms with E-state index in [2.05, 4.69) is 35.8 Å². The molecule has 1 aromatic carbocycles. The lowest BCUT2D eigenvalue weighted by Crippen LogP contribution is -2.36. The molecule has 0 aliphatic heterocycles. The van der Waals surface area contributed by atoms with Gasteiger partial charge in [0.05, 0.1) is 30.9 Å². The van der Waals surface area contributed by atoms with Crippen molar-refractivity contribution in [3.63, 3.8) is 0 Å². The van der Waals surface area contributed by atoms with Crippen molar-refractivity contribution in [2.24, 2.45) is 4.99 Å². The Balaban J connectivity index is 0.00000280. The summed E-state index contributed by atoms with van der Waals surface area (Å²) in [6, 6.07) is 7.63. The molecule has 2 heterocycles. The van der Waals surface area contributed by atoms with Gasteiger partial charge in [-0.2, -0.15) is 5.10 Å². The largest absolute Gasteiger partial charge is 0.497 e. The van der Waals surface area contributed by atoms with Gasteiger partial charge in [0.25, 0.3) is 0 Å². The van der Waals surface area contributed by atoms with Gasteiger partial charge in [0.1, 0.15) is 11.6 Å². The number of methoxy groups -OCH3 is 1. The zero-order valence-electron chi connectivity index (χ0n) is 16.2. The summed E-state index contributed by atoms with van der Waals surface area (Å²) in [6.45, 7) is 5.21. The lowest BCUT2D eigenvalue weighted by Gasteiger charge is -2.10. The molecule has 0 bridgehead atoms. The summed E-state index contributed by atoms with van der Waals surface area (Å²) in [5.74, 6) is 2.88. The first-order valence-electron chi connectivity index (χ1n) is 8.52. The number of halogens is 1. The minimum absolute atomic E-state index is 0. The van der Waals surface area contributed by atoms with E-state index in [9.17, 15) is 0 Å². The normalized spacial score (nSPS) is 11.1. The molecule has 0 saturated heterocycles. The number of nitrogens with zero attached hydrogens (tertiary/aromatic N) is 4. The average molecular weight is 513 g/mol. The number of rotatable bonds is 6. The fourth-order valence-corrected chi connectivity index (χ4v) is 3.41. The van der Waals surface area contributed by atoms with E-state index in [1.807, 2.05) is 38.1 Å². The fraction of sp³-hybridized carbons (Fsp3) is 0.333. The van der Waals surface area contributed by atoms with Crippen molar-refractivity contribution in [1.29, 1.82) is 0 Å². The predicted octanol–water partition coefficient (Wildman–Crippen LogP) is 3.04. The first kappa shape index (κ1) is 22.1. The molecule has 0 fully saturated rings. The highest BCUT2D eigenvalue weighted by atomic mass is 127. The van der Waals surface area contributed by atoms with E-state index in [1.165, 1.54) is 4.88 Å². The number of aromatic amines is 1. The van der Waals surface area contributed by atoms with Crippen molar-refractivity contribution in [3.05, 3.63) is 45.7 Å². The molecule has 28 heavy (non-hydrogen) atoms. The second-order valence-electron chi connectivity index (χ2n) is 5.86. The van der Waals surface area contributed by atoms with Crippen LogP contribution in [0.5, 0.6) is 5.75 Å². The van der Waals surface area contributed by atoms with Crippen molar-refractivity contribution >= 4 is 41.3 Å². The molecule has 150 valence electrons. The minimum Gasteiger partial charge on any atom is -0.497 e. The maximum Gasteiger partial charge on any atom is 0.191 e. The van der Waals surface area contributed by atoms with Crippen LogP contribution in [0.25, 0.3) is 11.4 Å². The van der Waals surface area contributed by atoms with Crippen LogP contribution in [-0.4, -0.2) is 40.3 Å². The van der Waals surface area contributed by atoms with Crippen LogP contribution in [-0.2, 0) is 13.1 Å². The highest BCUT2D eigenvalue weighted by Crippen LogP contribution is 2.19. The number of aryl methyl sites for hydroxylation is 2. The first-order chi connectivity index (χ1) is 13.1. The number of hydrogen-bond acceptors (Lipinski definition) is 6. The predicted molar refractivity (Wildman–Crippen MR) is 122 cm³/mol. The molecule has 0 radical (unpaired) electrons. The Hall–Kier alpha value is -2.21. The number of ether oxygens (including phenoxy) is 1. The lowest BCUT2D eigenvalue weighted by molar-refractivity contribution is 0.415. The second-order valence-corrected chi connectivity index (χ2v) is 7.14. The molecule has 8 nitrogen and oxygen atoms in total. The van der Waals surface area contributed by atoms with E-state index in [0.29, 0.717) is 24.9 Å². The van der Waals surface area contributed by atoms with Crippen LogP contribution in [0.4, 0.5) is 0 Å². The molecular weight excluding hydrogens is 489 g/mol. The summed E-state index contributed by atoms with van der Waals surface area (Å²) in [5, 5.41) is 14.8. The number of H-pyrrole nitrogens is 1. The Bertz CT molecular complexity index is 920. The van der Waals surface area contributed by atoms with Crippen molar-refractivity contribution < 1.29 is 4.74 Å². The van der Waals surface area contributed by atoms with Crippen LogP contribution in [0.3, 0.4) is 0 Å². The van der Waals surface area contributed by atoms with Crippen molar-refractivity contribution in [2.75, 3.05) is 14.2 Å². The van der Waals surface area contributed by atoms with E-state index in [0.717, 1.165) is 27.8 Å². The van der Waals surface area contributed by atoms with Crippen LogP contribution >= 0.6 is 35.3 Å². The lowest BCUT2D eigenvalue weighted by atomic mass is 10.2. The molecule has 2 aromatic heterocycles. The van der Waals surface area contributed by atoms with Crippen molar-refractivity contribution in [2.45, 2.75) is 26.9 Å². The van der Waals surface area contributed by atoms with Crippen LogP contribution in [0.15, 0.2) is 29.3 Å². The minimum atomic E-state index is 0. The van der Waals surface area contributed by atoms with Gasteiger partial charge < -0.3 is 15.4 Å². The topological polar surface area (TPSA) is 100 Å². The molecule has 10 heteroatoms. The summed E-state index contributed by atoms with van der Waals surface area (Å²) in [4.78, 5) is 14.4. The average Bonchev–Trinajstić information content (AvgIpc) is 3.28. The van der Waals surface area contributed by atoms with Gasteiger partial charge >= 0.3 is 0 Å².